The standard InChI is InChI=1S/C26H29N5O2/c1-19-3-7-22(8-4-19)30-12-11-27-26(30)29-15-13-28(14-16-29)25(33)21-17-24(32)31(18-21)23-9-5-20(2)6-10-23/h3-12,21H,13-18H2,1-2H3. The molecule has 0 aliphatic carbocycles. The second-order valence-corrected chi connectivity index (χ2v) is 8.99. The molecule has 0 spiro atoms. The third-order valence-electron chi connectivity index (χ3n) is 6.63. The smallest absolute Gasteiger partial charge is 0.228 e. The molecule has 0 saturated carbocycles. The topological polar surface area (TPSA) is 61.7 Å². The largest absolute Gasteiger partial charge is 0.339 e. The molecule has 7 heteroatoms. The van der Waals surface area contributed by atoms with Gasteiger partial charge in [0.2, 0.25) is 17.8 Å². The summed E-state index contributed by atoms with van der Waals surface area (Å²) in [5, 5.41) is 0. The van der Waals surface area contributed by atoms with Gasteiger partial charge in [-0.15, -0.1) is 0 Å². The minimum atomic E-state index is -0.278. The summed E-state index contributed by atoms with van der Waals surface area (Å²) >= 11 is 0. The summed E-state index contributed by atoms with van der Waals surface area (Å²) in [7, 11) is 0. The molecule has 2 saturated heterocycles. The molecule has 1 atom stereocenters. The number of imidazole rings is 1. The highest BCUT2D eigenvalue weighted by Crippen LogP contribution is 2.27. The van der Waals surface area contributed by atoms with Crippen LogP contribution in [0.3, 0.4) is 0 Å². The second-order valence-electron chi connectivity index (χ2n) is 8.99. The Hall–Kier alpha value is -3.61. The Bertz CT molecular complexity index is 1140. The van der Waals surface area contributed by atoms with E-state index in [0.29, 0.717) is 19.6 Å². The summed E-state index contributed by atoms with van der Waals surface area (Å²) in [5.41, 5.74) is 4.32. The van der Waals surface area contributed by atoms with Crippen molar-refractivity contribution in [3.05, 3.63) is 72.1 Å². The summed E-state index contributed by atoms with van der Waals surface area (Å²) in [6.07, 6.45) is 4.07. The van der Waals surface area contributed by atoms with E-state index in [1.54, 1.807) is 4.90 Å². The third-order valence-corrected chi connectivity index (χ3v) is 6.63. The first-order valence-electron chi connectivity index (χ1n) is 11.5. The fraction of sp³-hybridized carbons (Fsp3) is 0.346. The molecule has 0 N–H and O–H groups in total. The lowest BCUT2D eigenvalue weighted by Crippen LogP contribution is -2.51. The molecule has 3 aromatic rings. The van der Waals surface area contributed by atoms with Gasteiger partial charge in [0.1, 0.15) is 0 Å². The van der Waals surface area contributed by atoms with Crippen molar-refractivity contribution in [2.24, 2.45) is 5.92 Å². The summed E-state index contributed by atoms with van der Waals surface area (Å²) < 4.78 is 2.09. The highest BCUT2D eigenvalue weighted by atomic mass is 16.2. The molecule has 2 aliphatic rings. The van der Waals surface area contributed by atoms with E-state index in [2.05, 4.69) is 45.6 Å². The molecule has 0 radical (unpaired) electrons. The number of aromatic nitrogens is 2. The zero-order valence-electron chi connectivity index (χ0n) is 19.1. The van der Waals surface area contributed by atoms with Crippen LogP contribution in [0.15, 0.2) is 60.9 Å². The zero-order chi connectivity index (χ0) is 22.9. The molecular weight excluding hydrogens is 414 g/mol. The molecule has 170 valence electrons. The Morgan fingerprint density at radius 2 is 1.48 bits per heavy atom. The van der Waals surface area contributed by atoms with E-state index in [0.717, 1.165) is 36.0 Å². The summed E-state index contributed by atoms with van der Waals surface area (Å²) in [4.78, 5) is 36.3. The summed E-state index contributed by atoms with van der Waals surface area (Å²) in [5.74, 6) is 0.725. The molecule has 5 rings (SSSR count). The van der Waals surface area contributed by atoms with Crippen LogP contribution in [0.4, 0.5) is 11.6 Å². The van der Waals surface area contributed by atoms with Crippen molar-refractivity contribution in [1.82, 2.24) is 14.5 Å². The normalized spacial score (nSPS) is 18.8. The maximum Gasteiger partial charge on any atom is 0.228 e. The minimum Gasteiger partial charge on any atom is -0.339 e. The van der Waals surface area contributed by atoms with Gasteiger partial charge in [-0.3, -0.25) is 14.2 Å². The summed E-state index contributed by atoms with van der Waals surface area (Å²) in [6.45, 7) is 7.26. The van der Waals surface area contributed by atoms with Crippen LogP contribution in [0.25, 0.3) is 5.69 Å². The zero-order valence-corrected chi connectivity index (χ0v) is 19.1. The predicted molar refractivity (Wildman–Crippen MR) is 129 cm³/mol. The lowest BCUT2D eigenvalue weighted by molar-refractivity contribution is -0.136. The Morgan fingerprint density at radius 3 is 2.12 bits per heavy atom. The van der Waals surface area contributed by atoms with Gasteiger partial charge in [-0.1, -0.05) is 35.4 Å². The molecule has 2 amide bonds. The number of hydrogen-bond acceptors (Lipinski definition) is 4. The fourth-order valence-electron chi connectivity index (χ4n) is 4.67. The number of aryl methyl sites for hydroxylation is 2. The van der Waals surface area contributed by atoms with E-state index in [1.807, 2.05) is 48.5 Å². The summed E-state index contributed by atoms with van der Waals surface area (Å²) in [6, 6.07) is 16.3. The van der Waals surface area contributed by atoms with E-state index >= 15 is 0 Å². The maximum atomic E-state index is 13.2. The van der Waals surface area contributed by atoms with E-state index in [4.69, 9.17) is 0 Å². The average molecular weight is 444 g/mol. The van der Waals surface area contributed by atoms with Crippen molar-refractivity contribution in [1.29, 1.82) is 0 Å². The van der Waals surface area contributed by atoms with Crippen LogP contribution in [0.2, 0.25) is 0 Å². The van der Waals surface area contributed by atoms with Crippen molar-refractivity contribution in [2.75, 3.05) is 42.5 Å². The lowest BCUT2D eigenvalue weighted by atomic mass is 10.1. The van der Waals surface area contributed by atoms with Gasteiger partial charge < -0.3 is 14.7 Å². The Kier molecular flexibility index (Phi) is 5.62. The molecule has 3 heterocycles. The number of carbonyl (C=O) groups excluding carboxylic acids is 2. The van der Waals surface area contributed by atoms with Crippen LogP contribution < -0.4 is 9.80 Å². The van der Waals surface area contributed by atoms with Crippen LogP contribution in [0.5, 0.6) is 0 Å². The number of anilines is 2. The molecular formula is C26H29N5O2. The number of carbonyl (C=O) groups is 2. The van der Waals surface area contributed by atoms with Gasteiger partial charge in [-0.05, 0) is 38.1 Å². The average Bonchev–Trinajstić information content (AvgIpc) is 3.47. The SMILES string of the molecule is Cc1ccc(N2CC(C(=O)N3CCN(c4nccn4-c4ccc(C)cc4)CC3)CC2=O)cc1. The van der Waals surface area contributed by atoms with E-state index in [9.17, 15) is 9.59 Å². The first-order valence-corrected chi connectivity index (χ1v) is 11.5. The van der Waals surface area contributed by atoms with Gasteiger partial charge >= 0.3 is 0 Å². The van der Waals surface area contributed by atoms with E-state index < -0.39 is 0 Å². The quantitative estimate of drug-likeness (QED) is 0.621. The lowest BCUT2D eigenvalue weighted by Gasteiger charge is -2.36. The monoisotopic (exact) mass is 443 g/mol. The highest BCUT2D eigenvalue weighted by molar-refractivity contribution is 6.00. The van der Waals surface area contributed by atoms with Crippen LogP contribution in [0, 0.1) is 19.8 Å². The Morgan fingerprint density at radius 1 is 0.879 bits per heavy atom. The van der Waals surface area contributed by atoms with Gasteiger partial charge in [-0.2, -0.15) is 0 Å². The van der Waals surface area contributed by atoms with E-state index in [1.165, 1.54) is 5.56 Å². The Labute approximate surface area is 194 Å². The second kappa shape index (κ2) is 8.73. The highest BCUT2D eigenvalue weighted by Gasteiger charge is 2.38. The van der Waals surface area contributed by atoms with Crippen molar-refractivity contribution in [2.45, 2.75) is 20.3 Å². The van der Waals surface area contributed by atoms with Gasteiger partial charge in [0, 0.05) is 62.9 Å². The van der Waals surface area contributed by atoms with Crippen LogP contribution >= 0.6 is 0 Å². The van der Waals surface area contributed by atoms with Crippen molar-refractivity contribution in [3.8, 4) is 5.69 Å². The minimum absolute atomic E-state index is 0.0240. The van der Waals surface area contributed by atoms with Gasteiger partial charge in [-0.25, -0.2) is 4.98 Å². The van der Waals surface area contributed by atoms with Crippen molar-refractivity contribution >= 4 is 23.5 Å². The van der Waals surface area contributed by atoms with Gasteiger partial charge in [0.05, 0.1) is 5.92 Å². The molecule has 7 nitrogen and oxygen atoms in total. The first-order chi connectivity index (χ1) is 16.0. The van der Waals surface area contributed by atoms with Crippen LogP contribution in [-0.2, 0) is 9.59 Å². The van der Waals surface area contributed by atoms with Crippen LogP contribution in [-0.4, -0.2) is 59.0 Å². The van der Waals surface area contributed by atoms with Gasteiger partial charge in [0.25, 0.3) is 0 Å². The maximum absolute atomic E-state index is 13.2. The number of piperazine rings is 1. The predicted octanol–water partition coefficient (Wildman–Crippen LogP) is 3.19. The first kappa shape index (κ1) is 21.2. The number of nitrogens with zero attached hydrogens (tertiary/aromatic N) is 5. The van der Waals surface area contributed by atoms with E-state index in [-0.39, 0.29) is 24.2 Å². The molecule has 2 aromatic carbocycles. The number of benzene rings is 2. The molecule has 2 fully saturated rings. The number of rotatable bonds is 4. The van der Waals surface area contributed by atoms with Crippen molar-refractivity contribution in [3.63, 3.8) is 0 Å². The van der Waals surface area contributed by atoms with Gasteiger partial charge in [0.15, 0.2) is 0 Å². The Balaban J connectivity index is 1.22. The fourth-order valence-corrected chi connectivity index (χ4v) is 4.67. The molecule has 1 aromatic heterocycles. The molecule has 0 bridgehead atoms. The van der Waals surface area contributed by atoms with Crippen LogP contribution in [0.1, 0.15) is 17.5 Å². The number of amides is 2. The molecule has 1 unspecified atom stereocenters. The number of hydrogen-bond donors (Lipinski definition) is 0. The molecule has 33 heavy (non-hydrogen) atoms. The third kappa shape index (κ3) is 4.23. The molecule has 2 aliphatic heterocycles. The van der Waals surface area contributed by atoms with Crippen molar-refractivity contribution < 1.29 is 9.59 Å².